The van der Waals surface area contributed by atoms with Gasteiger partial charge in [-0.2, -0.15) is 0 Å². The highest BCUT2D eigenvalue weighted by Gasteiger charge is 2.38. The second kappa shape index (κ2) is 21.5. The molecule has 14 heteroatoms. The van der Waals surface area contributed by atoms with Crippen molar-refractivity contribution in [1.82, 2.24) is 16.0 Å². The Bertz CT molecular complexity index is 948. The molecule has 3 unspecified atom stereocenters. The van der Waals surface area contributed by atoms with Gasteiger partial charge in [0, 0.05) is 25.9 Å². The van der Waals surface area contributed by atoms with E-state index in [1.54, 1.807) is 6.08 Å². The zero-order valence-electron chi connectivity index (χ0n) is 25.1. The molecule has 0 saturated heterocycles. The summed E-state index contributed by atoms with van der Waals surface area (Å²) < 4.78 is 37.9. The largest absolute Gasteiger partial charge is 0.478 e. The predicted molar refractivity (Wildman–Crippen MR) is 152 cm³/mol. The van der Waals surface area contributed by atoms with E-state index in [1.807, 2.05) is 0 Å². The van der Waals surface area contributed by atoms with E-state index in [0.29, 0.717) is 46.1 Å². The minimum atomic E-state index is -0.802. The maximum atomic E-state index is 12.5. The molecule has 242 valence electrons. The van der Waals surface area contributed by atoms with Crippen molar-refractivity contribution in [2.24, 2.45) is 5.92 Å². The van der Waals surface area contributed by atoms with Gasteiger partial charge in [-0.05, 0) is 31.8 Å². The number of carbonyl (C=O) groups is 4. The topological polar surface area (TPSA) is 169 Å². The molecule has 3 N–H and O–H groups in total. The monoisotopic (exact) mass is 611 g/mol. The van der Waals surface area contributed by atoms with Gasteiger partial charge in [-0.1, -0.05) is 5.92 Å². The van der Waals surface area contributed by atoms with Crippen LogP contribution >= 0.6 is 0 Å². The minimum absolute atomic E-state index is 0.00600. The van der Waals surface area contributed by atoms with Gasteiger partial charge >= 0.3 is 5.97 Å². The van der Waals surface area contributed by atoms with E-state index in [1.165, 1.54) is 14.0 Å². The molecule has 0 bridgehead atoms. The van der Waals surface area contributed by atoms with Crippen LogP contribution in [0.5, 0.6) is 0 Å². The highest BCUT2D eigenvalue weighted by Crippen LogP contribution is 2.29. The highest BCUT2D eigenvalue weighted by atomic mass is 16.6. The molecule has 1 saturated carbocycles. The molecule has 14 nitrogen and oxygen atoms in total. The van der Waals surface area contributed by atoms with E-state index in [4.69, 9.17) is 39.6 Å². The zero-order valence-corrected chi connectivity index (χ0v) is 25.1. The van der Waals surface area contributed by atoms with Crippen LogP contribution in [-0.4, -0.2) is 122 Å². The van der Waals surface area contributed by atoms with E-state index in [-0.39, 0.29) is 68.7 Å². The van der Waals surface area contributed by atoms with E-state index in [0.717, 1.165) is 12.8 Å². The van der Waals surface area contributed by atoms with E-state index < -0.39 is 24.2 Å². The van der Waals surface area contributed by atoms with Crippen molar-refractivity contribution in [1.29, 1.82) is 0 Å². The fourth-order valence-corrected chi connectivity index (χ4v) is 4.07. The first kappa shape index (κ1) is 36.0. The van der Waals surface area contributed by atoms with Crippen molar-refractivity contribution >= 4 is 23.7 Å². The van der Waals surface area contributed by atoms with Crippen LogP contribution in [0.25, 0.3) is 0 Å². The lowest BCUT2D eigenvalue weighted by atomic mass is 9.96. The smallest absolute Gasteiger partial charge is 0.372 e. The number of nitrogens with one attached hydrogen (secondary N) is 3. The standard InChI is InChI=1S/C29H45N3O11/c1-4-12-38-14-16-40-18-19-41-17-15-39-13-11-30-26(34)20-42-24(9-10-31-28(35)22-5-6-22)27-23(32-21(2)33)7-8-25(43-27)29(36)37-3/h1,8,22-24,27H,5-7,9-20H2,2-3H3,(H,30,34)(H,31,35)(H,32,33). The van der Waals surface area contributed by atoms with E-state index in [9.17, 15) is 19.2 Å². The first-order valence-corrected chi connectivity index (χ1v) is 14.5. The van der Waals surface area contributed by atoms with E-state index in [2.05, 4.69) is 21.9 Å². The number of rotatable bonds is 23. The molecule has 0 aromatic carbocycles. The van der Waals surface area contributed by atoms with Gasteiger partial charge in [-0.15, -0.1) is 6.42 Å². The first-order valence-electron chi connectivity index (χ1n) is 14.5. The number of carbonyl (C=O) groups excluding carboxylic acids is 4. The molecule has 0 aromatic heterocycles. The zero-order chi connectivity index (χ0) is 31.3. The summed E-state index contributed by atoms with van der Waals surface area (Å²) in [4.78, 5) is 48.6. The fraction of sp³-hybridized carbons (Fsp3) is 0.724. The van der Waals surface area contributed by atoms with Crippen LogP contribution in [0.1, 0.15) is 32.6 Å². The molecular weight excluding hydrogens is 566 g/mol. The molecule has 0 radical (unpaired) electrons. The molecule has 0 aromatic rings. The molecule has 1 aliphatic carbocycles. The Kier molecular flexibility index (Phi) is 18.0. The lowest BCUT2D eigenvalue weighted by Gasteiger charge is -2.36. The Morgan fingerprint density at radius 3 is 2.23 bits per heavy atom. The summed E-state index contributed by atoms with van der Waals surface area (Å²) in [7, 11) is 1.24. The van der Waals surface area contributed by atoms with Crippen molar-refractivity contribution in [2.75, 3.05) is 79.7 Å². The normalized spacial score (nSPS) is 18.4. The first-order chi connectivity index (χ1) is 20.8. The lowest BCUT2D eigenvalue weighted by Crippen LogP contribution is -2.53. The Labute approximate surface area is 252 Å². The van der Waals surface area contributed by atoms with Gasteiger partial charge in [0.2, 0.25) is 23.5 Å². The van der Waals surface area contributed by atoms with Crippen LogP contribution in [0.2, 0.25) is 0 Å². The van der Waals surface area contributed by atoms with Crippen LogP contribution in [0.15, 0.2) is 11.8 Å². The summed E-state index contributed by atoms with van der Waals surface area (Å²) in [6.45, 7) is 4.60. The van der Waals surface area contributed by atoms with Crippen molar-refractivity contribution in [3.63, 3.8) is 0 Å². The predicted octanol–water partition coefficient (Wildman–Crippen LogP) is -0.546. The van der Waals surface area contributed by atoms with Crippen molar-refractivity contribution in [3.05, 3.63) is 11.8 Å². The van der Waals surface area contributed by atoms with E-state index >= 15 is 0 Å². The average Bonchev–Trinajstić information content (AvgIpc) is 3.84. The quantitative estimate of drug-likeness (QED) is 0.0770. The van der Waals surface area contributed by atoms with Crippen molar-refractivity contribution in [2.45, 2.75) is 50.9 Å². The van der Waals surface area contributed by atoms with Gasteiger partial charge in [0.25, 0.3) is 0 Å². The van der Waals surface area contributed by atoms with Crippen LogP contribution in [0.3, 0.4) is 0 Å². The minimum Gasteiger partial charge on any atom is -0.478 e. The van der Waals surface area contributed by atoms with Crippen molar-refractivity contribution < 1.29 is 52.3 Å². The Morgan fingerprint density at radius 1 is 0.977 bits per heavy atom. The molecular formula is C29H45N3O11. The summed E-state index contributed by atoms with van der Waals surface area (Å²) in [6, 6.07) is -0.520. The lowest BCUT2D eigenvalue weighted by molar-refractivity contribution is -0.148. The Morgan fingerprint density at radius 2 is 1.63 bits per heavy atom. The summed E-state index contributed by atoms with van der Waals surface area (Å²) >= 11 is 0. The molecule has 1 heterocycles. The summed E-state index contributed by atoms with van der Waals surface area (Å²) in [6.07, 6.45) is 7.41. The Balaban J connectivity index is 1.73. The summed E-state index contributed by atoms with van der Waals surface area (Å²) in [5, 5.41) is 8.40. The third-order valence-electron chi connectivity index (χ3n) is 6.33. The van der Waals surface area contributed by atoms with Crippen LogP contribution in [0, 0.1) is 18.3 Å². The van der Waals surface area contributed by atoms with Gasteiger partial charge < -0.3 is 49.1 Å². The third-order valence-corrected chi connectivity index (χ3v) is 6.33. The summed E-state index contributed by atoms with van der Waals surface area (Å²) in [5.41, 5.74) is 0. The number of amides is 3. The molecule has 1 aliphatic heterocycles. The van der Waals surface area contributed by atoms with Crippen LogP contribution in [0.4, 0.5) is 0 Å². The van der Waals surface area contributed by atoms with Gasteiger partial charge in [-0.3, -0.25) is 14.4 Å². The maximum Gasteiger partial charge on any atom is 0.372 e. The number of ether oxygens (including phenoxy) is 7. The van der Waals surface area contributed by atoms with Crippen LogP contribution in [-0.2, 0) is 52.3 Å². The molecule has 2 aliphatic rings. The number of hydrogen-bond acceptors (Lipinski definition) is 11. The third kappa shape index (κ3) is 15.7. The SMILES string of the molecule is C#CCOCCOCCOCCOCCNC(=O)COC(CCNC(=O)C1CC1)C1OC(C(=O)OC)=CCC1NC(C)=O. The van der Waals surface area contributed by atoms with Gasteiger partial charge in [-0.25, -0.2) is 4.79 Å². The second-order valence-electron chi connectivity index (χ2n) is 9.83. The average molecular weight is 612 g/mol. The second-order valence-corrected chi connectivity index (χ2v) is 9.83. The molecule has 3 amide bonds. The van der Waals surface area contributed by atoms with Gasteiger partial charge in [0.15, 0.2) is 0 Å². The molecule has 2 rings (SSSR count). The molecule has 0 spiro atoms. The molecule has 1 fully saturated rings. The molecule has 3 atom stereocenters. The summed E-state index contributed by atoms with van der Waals surface area (Å²) in [5.74, 6) is 1.05. The highest BCUT2D eigenvalue weighted by molar-refractivity contribution is 5.86. The van der Waals surface area contributed by atoms with Crippen molar-refractivity contribution in [3.8, 4) is 12.3 Å². The van der Waals surface area contributed by atoms with Gasteiger partial charge in [0.05, 0.1) is 65.5 Å². The fourth-order valence-electron chi connectivity index (χ4n) is 4.07. The van der Waals surface area contributed by atoms with Gasteiger partial charge in [0.1, 0.15) is 19.3 Å². The number of hydrogen-bond donors (Lipinski definition) is 3. The number of terminal acetylenes is 1. The number of methoxy groups -OCH3 is 1. The molecule has 43 heavy (non-hydrogen) atoms. The number of esters is 1. The maximum absolute atomic E-state index is 12.5. The Hall–Kier alpha value is -3.22. The van der Waals surface area contributed by atoms with Crippen LogP contribution < -0.4 is 16.0 Å².